The Morgan fingerprint density at radius 2 is 2.29 bits per heavy atom. The van der Waals surface area contributed by atoms with E-state index < -0.39 is 0 Å². The van der Waals surface area contributed by atoms with E-state index in [0.29, 0.717) is 11.7 Å². The lowest BCUT2D eigenvalue weighted by Crippen LogP contribution is -2.44. The van der Waals surface area contributed by atoms with Gasteiger partial charge in [-0.15, -0.1) is 11.3 Å². The molecule has 6 heteroatoms. The maximum absolute atomic E-state index is 12.9. The van der Waals surface area contributed by atoms with E-state index in [1.54, 1.807) is 11.3 Å². The fraction of sp³-hybridized carbons (Fsp3) is 0.611. The Hall–Kier alpha value is -1.69. The zero-order valence-corrected chi connectivity index (χ0v) is 15.4. The van der Waals surface area contributed by atoms with Gasteiger partial charge >= 0.3 is 0 Å². The van der Waals surface area contributed by atoms with Gasteiger partial charge in [-0.1, -0.05) is 6.92 Å². The predicted octanol–water partition coefficient (Wildman–Crippen LogP) is 3.69. The van der Waals surface area contributed by atoms with Crippen molar-refractivity contribution in [1.29, 1.82) is 0 Å². The number of hydrogen-bond donors (Lipinski definition) is 0. The number of nitrogens with zero attached hydrogens (tertiary/aromatic N) is 4. The van der Waals surface area contributed by atoms with Gasteiger partial charge in [0.25, 0.3) is 5.91 Å². The van der Waals surface area contributed by atoms with Crippen molar-refractivity contribution in [2.75, 3.05) is 6.54 Å². The van der Waals surface area contributed by atoms with Gasteiger partial charge < -0.3 is 9.47 Å². The van der Waals surface area contributed by atoms with E-state index in [1.165, 1.54) is 6.42 Å². The number of piperidine rings is 1. The fourth-order valence-corrected chi connectivity index (χ4v) is 4.26. The molecule has 1 aliphatic rings. The van der Waals surface area contributed by atoms with Crippen molar-refractivity contribution >= 4 is 17.2 Å². The first-order valence-electron chi connectivity index (χ1n) is 8.92. The van der Waals surface area contributed by atoms with E-state index >= 15 is 0 Å². The van der Waals surface area contributed by atoms with Gasteiger partial charge in [0.1, 0.15) is 11.5 Å². The molecule has 1 saturated heterocycles. The summed E-state index contributed by atoms with van der Waals surface area (Å²) in [6.45, 7) is 5.93. The zero-order valence-electron chi connectivity index (χ0n) is 14.6. The molecule has 0 unspecified atom stereocenters. The van der Waals surface area contributed by atoms with Crippen LogP contribution in [0.5, 0.6) is 0 Å². The summed E-state index contributed by atoms with van der Waals surface area (Å²) >= 11 is 1.61. The van der Waals surface area contributed by atoms with Crippen LogP contribution in [0.3, 0.4) is 0 Å². The van der Waals surface area contributed by atoms with Crippen LogP contribution >= 0.6 is 11.3 Å². The van der Waals surface area contributed by atoms with Crippen LogP contribution in [0.25, 0.3) is 0 Å². The minimum absolute atomic E-state index is 0.112. The van der Waals surface area contributed by atoms with Crippen LogP contribution in [-0.4, -0.2) is 37.9 Å². The summed E-state index contributed by atoms with van der Waals surface area (Å²) in [6, 6.07) is 0.310. The molecule has 24 heavy (non-hydrogen) atoms. The molecule has 0 saturated carbocycles. The van der Waals surface area contributed by atoms with Crippen LogP contribution in [0.15, 0.2) is 17.8 Å². The number of thiazole rings is 1. The molecule has 0 radical (unpaired) electrons. The van der Waals surface area contributed by atoms with Crippen molar-refractivity contribution in [1.82, 2.24) is 19.4 Å². The molecular formula is C18H26N4OS. The maximum atomic E-state index is 12.9. The Bertz CT molecular complexity index is 678. The minimum atomic E-state index is 0.112. The molecule has 0 spiro atoms. The molecule has 3 rings (SSSR count). The lowest BCUT2D eigenvalue weighted by Gasteiger charge is -2.35. The van der Waals surface area contributed by atoms with Gasteiger partial charge in [-0.3, -0.25) is 4.79 Å². The first-order valence-corrected chi connectivity index (χ1v) is 9.80. The topological polar surface area (TPSA) is 51.0 Å². The normalized spacial score (nSPS) is 18.1. The van der Waals surface area contributed by atoms with Crippen LogP contribution in [0, 0.1) is 6.92 Å². The van der Waals surface area contributed by atoms with Crippen LogP contribution in [0.4, 0.5) is 0 Å². The molecule has 1 aliphatic heterocycles. The van der Waals surface area contributed by atoms with E-state index in [1.807, 2.05) is 24.7 Å². The summed E-state index contributed by atoms with van der Waals surface area (Å²) in [4.78, 5) is 23.8. The average molecular weight is 346 g/mol. The van der Waals surface area contributed by atoms with Crippen LogP contribution in [0.1, 0.15) is 60.3 Å². The monoisotopic (exact) mass is 346 g/mol. The highest BCUT2D eigenvalue weighted by Crippen LogP contribution is 2.23. The third-order valence-corrected chi connectivity index (χ3v) is 5.66. The Morgan fingerprint density at radius 3 is 3.04 bits per heavy atom. The van der Waals surface area contributed by atoms with Gasteiger partial charge in [-0.25, -0.2) is 9.97 Å². The largest absolute Gasteiger partial charge is 0.335 e. The first kappa shape index (κ1) is 17.1. The fourth-order valence-electron chi connectivity index (χ4n) is 3.38. The molecule has 5 nitrogen and oxygen atoms in total. The minimum Gasteiger partial charge on any atom is -0.335 e. The number of hydrogen-bond acceptors (Lipinski definition) is 4. The Morgan fingerprint density at radius 1 is 1.42 bits per heavy atom. The third-order valence-electron chi connectivity index (χ3n) is 4.75. The van der Waals surface area contributed by atoms with Gasteiger partial charge in [0.05, 0.1) is 5.01 Å². The van der Waals surface area contributed by atoms with Crippen molar-refractivity contribution in [2.45, 2.75) is 65.0 Å². The van der Waals surface area contributed by atoms with E-state index in [9.17, 15) is 4.79 Å². The maximum Gasteiger partial charge on any atom is 0.273 e. The highest BCUT2D eigenvalue weighted by molar-refractivity contribution is 7.09. The highest BCUT2D eigenvalue weighted by atomic mass is 32.1. The van der Waals surface area contributed by atoms with Crippen molar-refractivity contribution in [3.63, 3.8) is 0 Å². The number of carbonyl (C=O) groups excluding carboxylic acids is 1. The number of aromatic nitrogens is 3. The summed E-state index contributed by atoms with van der Waals surface area (Å²) in [5.41, 5.74) is 0.633. The Kier molecular flexibility index (Phi) is 5.66. The van der Waals surface area contributed by atoms with Gasteiger partial charge in [0.15, 0.2) is 0 Å². The summed E-state index contributed by atoms with van der Waals surface area (Å²) in [6.07, 6.45) is 10.2. The summed E-state index contributed by atoms with van der Waals surface area (Å²) in [7, 11) is 0. The lowest BCUT2D eigenvalue weighted by molar-refractivity contribution is 0.0590. The summed E-state index contributed by atoms with van der Waals surface area (Å²) in [5, 5.41) is 3.00. The second-order valence-corrected chi connectivity index (χ2v) is 7.42. The average Bonchev–Trinajstić information content (AvgIpc) is 3.22. The Balaban J connectivity index is 1.66. The van der Waals surface area contributed by atoms with Crippen LogP contribution in [0.2, 0.25) is 0 Å². The van der Waals surface area contributed by atoms with Crippen molar-refractivity contribution in [3.8, 4) is 0 Å². The van der Waals surface area contributed by atoms with Crippen LogP contribution in [-0.2, 0) is 13.0 Å². The highest BCUT2D eigenvalue weighted by Gasteiger charge is 2.28. The molecule has 1 fully saturated rings. The number of rotatable bonds is 6. The van der Waals surface area contributed by atoms with E-state index in [2.05, 4.69) is 26.4 Å². The molecule has 1 atom stereocenters. The molecular weight excluding hydrogens is 320 g/mol. The molecule has 0 bridgehead atoms. The number of imidazole rings is 1. The Labute approximate surface area is 147 Å². The predicted molar refractivity (Wildman–Crippen MR) is 96.4 cm³/mol. The SMILES string of the molecule is CCCc1nc(C(=O)N2CCCC[C@H]2CCn2ccnc2C)cs1. The number of carbonyl (C=O) groups is 1. The summed E-state index contributed by atoms with van der Waals surface area (Å²) in [5.74, 6) is 1.15. The summed E-state index contributed by atoms with van der Waals surface area (Å²) < 4.78 is 2.17. The number of amides is 1. The smallest absolute Gasteiger partial charge is 0.273 e. The molecule has 3 heterocycles. The van der Waals surface area contributed by atoms with E-state index in [0.717, 1.165) is 56.0 Å². The second-order valence-electron chi connectivity index (χ2n) is 6.48. The van der Waals surface area contributed by atoms with Gasteiger partial charge in [-0.05, 0) is 45.4 Å². The quantitative estimate of drug-likeness (QED) is 0.801. The molecule has 2 aromatic heterocycles. The number of likely N-dealkylation sites (tertiary alicyclic amines) is 1. The third kappa shape index (κ3) is 3.86. The van der Waals surface area contributed by atoms with Gasteiger partial charge in [0.2, 0.25) is 0 Å². The molecule has 130 valence electrons. The van der Waals surface area contributed by atoms with Crippen molar-refractivity contribution in [2.24, 2.45) is 0 Å². The molecule has 0 N–H and O–H groups in total. The first-order chi connectivity index (χ1) is 11.7. The molecule has 1 amide bonds. The standard InChI is InChI=1S/C18H26N4OS/c1-3-6-17-20-16(13-24-17)18(23)22-10-5-4-7-15(22)8-11-21-12-9-19-14(21)2/h9,12-13,15H,3-8,10-11H2,1-2H3/t15-/m0/s1. The molecule has 0 aliphatic carbocycles. The molecule has 0 aromatic carbocycles. The van der Waals surface area contributed by atoms with Gasteiger partial charge in [-0.2, -0.15) is 0 Å². The van der Waals surface area contributed by atoms with E-state index in [4.69, 9.17) is 0 Å². The van der Waals surface area contributed by atoms with Crippen molar-refractivity contribution < 1.29 is 4.79 Å². The number of aryl methyl sites for hydroxylation is 3. The molecule has 2 aromatic rings. The lowest BCUT2D eigenvalue weighted by atomic mass is 9.99. The van der Waals surface area contributed by atoms with Gasteiger partial charge in [0, 0.05) is 36.9 Å². The van der Waals surface area contributed by atoms with Crippen molar-refractivity contribution in [3.05, 3.63) is 34.3 Å². The van der Waals surface area contributed by atoms with E-state index in [-0.39, 0.29) is 5.91 Å². The van der Waals surface area contributed by atoms with Crippen LogP contribution < -0.4 is 0 Å². The zero-order chi connectivity index (χ0) is 16.9. The second kappa shape index (κ2) is 7.92.